The number of nitrogens with zero attached hydrogens (tertiary/aromatic N) is 2. The van der Waals surface area contributed by atoms with Crippen molar-refractivity contribution in [2.75, 3.05) is 0 Å². The average Bonchev–Trinajstić information content (AvgIpc) is 3.42. The Balaban J connectivity index is 1.57. The summed E-state index contributed by atoms with van der Waals surface area (Å²) in [5.41, 5.74) is 3.05. The molecule has 8 heteroatoms. The van der Waals surface area contributed by atoms with E-state index in [2.05, 4.69) is 0 Å². The van der Waals surface area contributed by atoms with Crippen LogP contribution in [0.2, 0.25) is 0 Å². The van der Waals surface area contributed by atoms with E-state index >= 15 is 0 Å². The fourth-order valence-electron chi connectivity index (χ4n) is 4.51. The molecule has 0 unspecified atom stereocenters. The zero-order valence-corrected chi connectivity index (χ0v) is 24.4. The highest BCUT2D eigenvalue weighted by molar-refractivity contribution is 8.25. The molecule has 0 atom stereocenters. The maximum atomic E-state index is 14.0. The highest BCUT2D eigenvalue weighted by Crippen LogP contribution is 2.60. The minimum atomic E-state index is -0.294. The number of rotatable bonds is 8. The van der Waals surface area contributed by atoms with Crippen molar-refractivity contribution in [3.8, 4) is 11.5 Å². The topological polar surface area (TPSA) is 59.1 Å². The Morgan fingerprint density at radius 2 is 1.21 bits per heavy atom. The van der Waals surface area contributed by atoms with Crippen LogP contribution < -0.4 is 9.47 Å². The molecule has 0 bridgehead atoms. The first-order chi connectivity index (χ1) is 18.7. The fraction of sp³-hybridized carbons (Fsp3) is 0.290. The molecule has 0 N–H and O–H groups in total. The molecule has 3 aromatic rings. The van der Waals surface area contributed by atoms with E-state index in [0.29, 0.717) is 17.3 Å². The Morgan fingerprint density at radius 3 is 1.69 bits per heavy atom. The second-order valence-corrected chi connectivity index (χ2v) is 12.4. The fourth-order valence-corrected chi connectivity index (χ4v) is 7.24. The van der Waals surface area contributed by atoms with Crippen LogP contribution in [0.5, 0.6) is 11.5 Å². The molecule has 1 saturated heterocycles. The first kappa shape index (κ1) is 27.2. The van der Waals surface area contributed by atoms with E-state index in [1.807, 2.05) is 101 Å². The van der Waals surface area contributed by atoms with Gasteiger partial charge in [-0.05, 0) is 57.4 Å². The standard InChI is InChI=1S/C31H32N2O4S2/c1-19(2)36-24-16-21(5)26(37-20(3)4)28-27(24)38-31(39-28)25-29(34)32(17-22-12-8-6-9-13-22)33(30(25)35)18-23-14-10-7-11-15-23/h6-16,19-20H,17-18H2,1-5H3. The number of aryl methyl sites for hydroxylation is 1. The van der Waals surface area contributed by atoms with Crippen LogP contribution in [0.25, 0.3) is 0 Å². The van der Waals surface area contributed by atoms with Crippen molar-refractivity contribution >= 4 is 35.3 Å². The number of hydrazine groups is 1. The molecule has 3 aromatic carbocycles. The lowest BCUT2D eigenvalue weighted by atomic mass is 10.2. The van der Waals surface area contributed by atoms with Crippen LogP contribution in [0.4, 0.5) is 0 Å². The Kier molecular flexibility index (Phi) is 7.96. The molecule has 1 fully saturated rings. The van der Waals surface area contributed by atoms with Gasteiger partial charge in [-0.3, -0.25) is 9.59 Å². The van der Waals surface area contributed by atoms with E-state index in [1.54, 1.807) is 10.0 Å². The number of hydrogen-bond donors (Lipinski definition) is 0. The molecule has 0 aliphatic carbocycles. The van der Waals surface area contributed by atoms with Gasteiger partial charge in [-0.1, -0.05) is 84.2 Å². The molecule has 202 valence electrons. The summed E-state index contributed by atoms with van der Waals surface area (Å²) in [7, 11) is 0. The first-order valence-electron chi connectivity index (χ1n) is 13.0. The zero-order chi connectivity index (χ0) is 27.7. The summed E-state index contributed by atoms with van der Waals surface area (Å²) >= 11 is 2.84. The van der Waals surface area contributed by atoms with Crippen LogP contribution in [-0.2, 0) is 22.7 Å². The van der Waals surface area contributed by atoms with Gasteiger partial charge in [0, 0.05) is 0 Å². The summed E-state index contributed by atoms with van der Waals surface area (Å²) < 4.78 is 13.0. The molecule has 2 heterocycles. The summed E-state index contributed by atoms with van der Waals surface area (Å²) in [6.45, 7) is 10.6. The van der Waals surface area contributed by atoms with Gasteiger partial charge >= 0.3 is 0 Å². The molecule has 39 heavy (non-hydrogen) atoms. The van der Waals surface area contributed by atoms with Crippen LogP contribution >= 0.6 is 23.5 Å². The van der Waals surface area contributed by atoms with Crippen molar-refractivity contribution in [3.63, 3.8) is 0 Å². The predicted octanol–water partition coefficient (Wildman–Crippen LogP) is 6.97. The number of hydrogen-bond acceptors (Lipinski definition) is 6. The molecule has 2 aliphatic rings. The smallest absolute Gasteiger partial charge is 0.280 e. The van der Waals surface area contributed by atoms with E-state index in [4.69, 9.17) is 9.47 Å². The molecule has 0 saturated carbocycles. The summed E-state index contributed by atoms with van der Waals surface area (Å²) in [6, 6.07) is 21.5. The van der Waals surface area contributed by atoms with Gasteiger partial charge in [0.25, 0.3) is 11.8 Å². The number of benzene rings is 3. The highest BCUT2D eigenvalue weighted by Gasteiger charge is 2.45. The van der Waals surface area contributed by atoms with Crippen molar-refractivity contribution < 1.29 is 19.1 Å². The van der Waals surface area contributed by atoms with Crippen LogP contribution in [0.3, 0.4) is 0 Å². The molecule has 0 aromatic heterocycles. The third-order valence-corrected chi connectivity index (χ3v) is 8.80. The van der Waals surface area contributed by atoms with Gasteiger partial charge in [0.05, 0.1) is 39.3 Å². The van der Waals surface area contributed by atoms with E-state index in [-0.39, 0.29) is 29.6 Å². The third kappa shape index (κ3) is 5.68. The summed E-state index contributed by atoms with van der Waals surface area (Å²) in [5, 5.41) is 3.14. The minimum Gasteiger partial charge on any atom is -0.490 e. The van der Waals surface area contributed by atoms with Crippen molar-refractivity contribution in [1.29, 1.82) is 0 Å². The van der Waals surface area contributed by atoms with Gasteiger partial charge in [-0.15, -0.1) is 0 Å². The van der Waals surface area contributed by atoms with Gasteiger partial charge in [-0.25, -0.2) is 10.0 Å². The molecule has 2 amide bonds. The second-order valence-electron chi connectivity index (χ2n) is 10.1. The van der Waals surface area contributed by atoms with Crippen LogP contribution in [0.15, 0.2) is 86.3 Å². The van der Waals surface area contributed by atoms with Gasteiger partial charge < -0.3 is 9.47 Å². The Morgan fingerprint density at radius 1 is 0.718 bits per heavy atom. The van der Waals surface area contributed by atoms with Crippen molar-refractivity contribution in [2.45, 2.75) is 69.7 Å². The maximum Gasteiger partial charge on any atom is 0.280 e. The molecule has 2 aliphatic heterocycles. The van der Waals surface area contributed by atoms with E-state index < -0.39 is 0 Å². The lowest BCUT2D eigenvalue weighted by Crippen LogP contribution is -2.39. The number of amides is 2. The van der Waals surface area contributed by atoms with Crippen molar-refractivity contribution in [1.82, 2.24) is 10.0 Å². The third-order valence-electron chi connectivity index (χ3n) is 6.19. The maximum absolute atomic E-state index is 14.0. The lowest BCUT2D eigenvalue weighted by Gasteiger charge is -2.27. The Labute approximate surface area is 238 Å². The number of thioether (sulfide) groups is 2. The first-order valence-corrected chi connectivity index (χ1v) is 14.7. The second kappa shape index (κ2) is 11.4. The molecular weight excluding hydrogens is 528 g/mol. The van der Waals surface area contributed by atoms with Crippen molar-refractivity contribution in [2.24, 2.45) is 0 Å². The summed E-state index contributed by atoms with van der Waals surface area (Å²) in [4.78, 5) is 29.7. The number of carbonyl (C=O) groups excluding carboxylic acids is 2. The van der Waals surface area contributed by atoms with Gasteiger partial charge in [0.1, 0.15) is 17.1 Å². The molecule has 0 radical (unpaired) electrons. The molecular formula is C31H32N2O4S2. The van der Waals surface area contributed by atoms with Crippen molar-refractivity contribution in [3.05, 3.63) is 93.2 Å². The van der Waals surface area contributed by atoms with Gasteiger partial charge in [0.15, 0.2) is 0 Å². The van der Waals surface area contributed by atoms with Crippen LogP contribution in [0.1, 0.15) is 44.4 Å². The molecule has 0 spiro atoms. The Bertz CT molecular complexity index is 1360. The number of ether oxygens (including phenoxy) is 2. The zero-order valence-electron chi connectivity index (χ0n) is 22.8. The molecule has 5 rings (SSSR count). The molecule has 6 nitrogen and oxygen atoms in total. The highest BCUT2D eigenvalue weighted by atomic mass is 32.2. The minimum absolute atomic E-state index is 0.0230. The SMILES string of the molecule is Cc1cc(OC(C)C)c2c(c1OC(C)C)SC(=C1C(=O)N(Cc3ccccc3)N(Cc3ccccc3)C1=O)S2. The van der Waals surface area contributed by atoms with Crippen LogP contribution in [0, 0.1) is 6.92 Å². The van der Waals surface area contributed by atoms with E-state index in [9.17, 15) is 9.59 Å². The number of carbonyl (C=O) groups is 2. The average molecular weight is 561 g/mol. The van der Waals surface area contributed by atoms with Crippen LogP contribution in [-0.4, -0.2) is 34.0 Å². The quantitative estimate of drug-likeness (QED) is 0.219. The normalized spacial score (nSPS) is 15.2. The van der Waals surface area contributed by atoms with Gasteiger partial charge in [0.2, 0.25) is 0 Å². The Hall–Kier alpha value is -3.36. The summed E-state index contributed by atoms with van der Waals surface area (Å²) in [5.74, 6) is 0.917. The summed E-state index contributed by atoms with van der Waals surface area (Å²) in [6.07, 6.45) is -0.0467. The van der Waals surface area contributed by atoms with Gasteiger partial charge in [-0.2, -0.15) is 0 Å². The lowest BCUT2D eigenvalue weighted by molar-refractivity contribution is -0.149. The monoisotopic (exact) mass is 560 g/mol. The van der Waals surface area contributed by atoms with E-state index in [1.165, 1.54) is 23.5 Å². The predicted molar refractivity (Wildman–Crippen MR) is 155 cm³/mol. The van der Waals surface area contributed by atoms with E-state index in [0.717, 1.165) is 38.0 Å². The largest absolute Gasteiger partial charge is 0.490 e. The number of fused-ring (bicyclic) bond motifs is 1.